The molecule has 0 saturated heterocycles. The molecule has 0 bridgehead atoms. The highest BCUT2D eigenvalue weighted by Gasteiger charge is 2.29. The van der Waals surface area contributed by atoms with E-state index >= 15 is 0 Å². The van der Waals surface area contributed by atoms with E-state index < -0.39 is 0 Å². The molecule has 0 aliphatic carbocycles. The van der Waals surface area contributed by atoms with Crippen LogP contribution in [0, 0.1) is 0 Å². The Morgan fingerprint density at radius 2 is 2.00 bits per heavy atom. The van der Waals surface area contributed by atoms with Gasteiger partial charge >= 0.3 is 0 Å². The maximum atomic E-state index is 11.6. The zero-order chi connectivity index (χ0) is 11.2. The van der Waals surface area contributed by atoms with Gasteiger partial charge in [0.15, 0.2) is 6.61 Å². The fourth-order valence-electron chi connectivity index (χ4n) is 1.73. The summed E-state index contributed by atoms with van der Waals surface area (Å²) in [5, 5.41) is 0. The molecule has 1 aromatic carbocycles. The Bertz CT molecular complexity index is 430. The standard InChI is InChI=1S/C12H13BrO2/c1-12(2,3)9-5-7(13)4-8-10(14)6-15-11(8)9/h4-5H,6H2,1-3H3. The van der Waals surface area contributed by atoms with Crippen molar-refractivity contribution in [3.05, 3.63) is 27.7 Å². The van der Waals surface area contributed by atoms with Crippen LogP contribution in [-0.4, -0.2) is 12.4 Å². The molecule has 0 spiro atoms. The zero-order valence-corrected chi connectivity index (χ0v) is 10.6. The molecule has 0 radical (unpaired) electrons. The maximum Gasteiger partial charge on any atom is 0.203 e. The summed E-state index contributed by atoms with van der Waals surface area (Å²) in [6.45, 7) is 6.51. The summed E-state index contributed by atoms with van der Waals surface area (Å²) in [6.07, 6.45) is 0. The summed E-state index contributed by atoms with van der Waals surface area (Å²) >= 11 is 3.43. The first-order valence-electron chi connectivity index (χ1n) is 4.89. The van der Waals surface area contributed by atoms with Crippen LogP contribution in [0.5, 0.6) is 5.75 Å². The second-order valence-electron chi connectivity index (χ2n) is 4.79. The van der Waals surface area contributed by atoms with E-state index in [0.29, 0.717) is 5.56 Å². The van der Waals surface area contributed by atoms with Gasteiger partial charge in [-0.05, 0) is 17.5 Å². The topological polar surface area (TPSA) is 26.3 Å². The predicted molar refractivity (Wildman–Crippen MR) is 62.7 cm³/mol. The van der Waals surface area contributed by atoms with Gasteiger partial charge in [0, 0.05) is 10.0 Å². The lowest BCUT2D eigenvalue weighted by molar-refractivity contribution is 0.0960. The number of ether oxygens (including phenoxy) is 1. The summed E-state index contributed by atoms with van der Waals surface area (Å²) in [5.74, 6) is 0.826. The molecule has 0 saturated carbocycles. The lowest BCUT2D eigenvalue weighted by atomic mass is 9.85. The van der Waals surface area contributed by atoms with Crippen molar-refractivity contribution in [2.45, 2.75) is 26.2 Å². The molecule has 3 heteroatoms. The van der Waals surface area contributed by atoms with E-state index in [0.717, 1.165) is 15.8 Å². The molecule has 1 aliphatic rings. The van der Waals surface area contributed by atoms with Crippen LogP contribution in [0.3, 0.4) is 0 Å². The summed E-state index contributed by atoms with van der Waals surface area (Å²) in [4.78, 5) is 11.6. The van der Waals surface area contributed by atoms with Gasteiger partial charge in [-0.15, -0.1) is 0 Å². The molecule has 0 unspecified atom stereocenters. The summed E-state index contributed by atoms with van der Waals surface area (Å²) in [5.41, 5.74) is 1.77. The number of carbonyl (C=O) groups is 1. The number of hydrogen-bond donors (Lipinski definition) is 0. The van der Waals surface area contributed by atoms with E-state index in [1.54, 1.807) is 0 Å². The Balaban J connectivity index is 2.67. The summed E-state index contributed by atoms with van der Waals surface area (Å²) in [7, 11) is 0. The Morgan fingerprint density at radius 1 is 1.33 bits per heavy atom. The SMILES string of the molecule is CC(C)(C)c1cc(Br)cc2c1OCC2=O. The van der Waals surface area contributed by atoms with Crippen molar-refractivity contribution in [1.82, 2.24) is 0 Å². The number of fused-ring (bicyclic) bond motifs is 1. The van der Waals surface area contributed by atoms with Crippen LogP contribution in [0.25, 0.3) is 0 Å². The highest BCUT2D eigenvalue weighted by atomic mass is 79.9. The predicted octanol–water partition coefficient (Wildman–Crippen LogP) is 3.32. The smallest absolute Gasteiger partial charge is 0.203 e. The van der Waals surface area contributed by atoms with Gasteiger partial charge in [0.2, 0.25) is 5.78 Å². The van der Waals surface area contributed by atoms with Gasteiger partial charge in [-0.25, -0.2) is 0 Å². The molecule has 0 fully saturated rings. The van der Waals surface area contributed by atoms with Gasteiger partial charge in [0.1, 0.15) is 5.75 Å². The first-order chi connectivity index (χ1) is 6.89. The van der Waals surface area contributed by atoms with Crippen molar-refractivity contribution < 1.29 is 9.53 Å². The van der Waals surface area contributed by atoms with Gasteiger partial charge in [-0.2, -0.15) is 0 Å². The van der Waals surface area contributed by atoms with Crippen LogP contribution in [0.15, 0.2) is 16.6 Å². The number of carbonyl (C=O) groups excluding carboxylic acids is 1. The quantitative estimate of drug-likeness (QED) is 0.722. The molecular formula is C12H13BrO2. The largest absolute Gasteiger partial charge is 0.484 e. The van der Waals surface area contributed by atoms with E-state index in [-0.39, 0.29) is 17.8 Å². The number of hydrogen-bond acceptors (Lipinski definition) is 2. The average molecular weight is 269 g/mol. The molecule has 1 aliphatic heterocycles. The number of Topliss-reactive ketones (excluding diaryl/α,β-unsaturated/α-hetero) is 1. The maximum absolute atomic E-state index is 11.6. The third-order valence-electron chi connectivity index (χ3n) is 2.51. The fraction of sp³-hybridized carbons (Fsp3) is 0.417. The van der Waals surface area contributed by atoms with Crippen molar-refractivity contribution in [2.75, 3.05) is 6.61 Å². The second kappa shape index (κ2) is 3.34. The monoisotopic (exact) mass is 268 g/mol. The number of benzene rings is 1. The first kappa shape index (κ1) is 10.7. The van der Waals surface area contributed by atoms with Gasteiger partial charge in [0.05, 0.1) is 5.56 Å². The van der Waals surface area contributed by atoms with E-state index in [4.69, 9.17) is 4.74 Å². The lowest BCUT2D eigenvalue weighted by Gasteiger charge is -2.21. The van der Waals surface area contributed by atoms with Crippen LogP contribution >= 0.6 is 15.9 Å². The summed E-state index contributed by atoms with van der Waals surface area (Å²) in [6, 6.07) is 3.86. The summed E-state index contributed by atoms with van der Waals surface area (Å²) < 4.78 is 6.39. The molecule has 2 rings (SSSR count). The Hall–Kier alpha value is -0.830. The van der Waals surface area contributed by atoms with Gasteiger partial charge < -0.3 is 4.74 Å². The zero-order valence-electron chi connectivity index (χ0n) is 9.06. The van der Waals surface area contributed by atoms with Crippen LogP contribution in [0.4, 0.5) is 0 Å². The van der Waals surface area contributed by atoms with E-state index in [9.17, 15) is 4.79 Å². The normalized spacial score (nSPS) is 15.1. The van der Waals surface area contributed by atoms with Crippen LogP contribution < -0.4 is 4.74 Å². The lowest BCUT2D eigenvalue weighted by Crippen LogP contribution is -2.12. The van der Waals surface area contributed by atoms with Crippen LogP contribution in [0.2, 0.25) is 0 Å². The van der Waals surface area contributed by atoms with E-state index in [2.05, 4.69) is 36.7 Å². The Morgan fingerprint density at radius 3 is 2.60 bits per heavy atom. The van der Waals surface area contributed by atoms with Crippen molar-refractivity contribution in [2.24, 2.45) is 0 Å². The fourth-order valence-corrected chi connectivity index (χ4v) is 2.19. The molecule has 0 atom stereocenters. The molecular weight excluding hydrogens is 256 g/mol. The minimum atomic E-state index is -0.0154. The second-order valence-corrected chi connectivity index (χ2v) is 5.71. The molecule has 0 aromatic heterocycles. The van der Waals surface area contributed by atoms with E-state index in [1.807, 2.05) is 12.1 Å². The van der Waals surface area contributed by atoms with Crippen molar-refractivity contribution in [3.8, 4) is 5.75 Å². The number of halogens is 1. The Labute approximate surface area is 97.8 Å². The van der Waals surface area contributed by atoms with Gasteiger partial charge in [-0.3, -0.25) is 4.79 Å². The molecule has 15 heavy (non-hydrogen) atoms. The molecule has 1 aromatic rings. The highest BCUT2D eigenvalue weighted by molar-refractivity contribution is 9.10. The van der Waals surface area contributed by atoms with Gasteiger partial charge in [0.25, 0.3) is 0 Å². The number of ketones is 1. The third kappa shape index (κ3) is 1.81. The molecule has 80 valence electrons. The van der Waals surface area contributed by atoms with Crippen molar-refractivity contribution in [3.63, 3.8) is 0 Å². The van der Waals surface area contributed by atoms with E-state index in [1.165, 1.54) is 0 Å². The Kier molecular flexibility index (Phi) is 2.38. The average Bonchev–Trinajstić information content (AvgIpc) is 2.45. The minimum Gasteiger partial charge on any atom is -0.484 e. The van der Waals surface area contributed by atoms with Crippen LogP contribution in [-0.2, 0) is 5.41 Å². The van der Waals surface area contributed by atoms with Gasteiger partial charge in [-0.1, -0.05) is 36.7 Å². The molecule has 0 amide bonds. The molecule has 2 nitrogen and oxygen atoms in total. The minimum absolute atomic E-state index is 0.0154. The van der Waals surface area contributed by atoms with Crippen LogP contribution in [0.1, 0.15) is 36.7 Å². The molecule has 0 N–H and O–H groups in total. The number of rotatable bonds is 0. The van der Waals surface area contributed by atoms with Crippen molar-refractivity contribution >= 4 is 21.7 Å². The first-order valence-corrected chi connectivity index (χ1v) is 5.69. The van der Waals surface area contributed by atoms with Crippen molar-refractivity contribution in [1.29, 1.82) is 0 Å². The highest BCUT2D eigenvalue weighted by Crippen LogP contribution is 2.39. The third-order valence-corrected chi connectivity index (χ3v) is 2.97. The molecule has 1 heterocycles.